The summed E-state index contributed by atoms with van der Waals surface area (Å²) in [7, 11) is 4.48. The summed E-state index contributed by atoms with van der Waals surface area (Å²) in [6.45, 7) is 0.140. The van der Waals surface area contributed by atoms with Gasteiger partial charge in [-0.05, 0) is 23.8 Å². The fourth-order valence-corrected chi connectivity index (χ4v) is 2.34. The standard InChI is InChI=1S/C17H18N2O6/c1-23-14-8-11(9-15(24-2)16(14)25-3)10-18-17(20)12-6-4-5-7-13(12)19(21)22/h4-9H,10H2,1-3H3,(H,18,20). The zero-order valence-corrected chi connectivity index (χ0v) is 14.1. The summed E-state index contributed by atoms with van der Waals surface area (Å²) in [5.41, 5.74) is 0.450. The third kappa shape index (κ3) is 3.97. The Labute approximate surface area is 144 Å². The summed E-state index contributed by atoms with van der Waals surface area (Å²) in [5, 5.41) is 13.7. The molecule has 25 heavy (non-hydrogen) atoms. The van der Waals surface area contributed by atoms with Gasteiger partial charge < -0.3 is 19.5 Å². The molecule has 1 N–H and O–H groups in total. The number of carbonyl (C=O) groups excluding carboxylic acids is 1. The van der Waals surface area contributed by atoms with E-state index in [4.69, 9.17) is 14.2 Å². The van der Waals surface area contributed by atoms with E-state index in [0.29, 0.717) is 22.8 Å². The van der Waals surface area contributed by atoms with Gasteiger partial charge in [0.2, 0.25) is 5.75 Å². The van der Waals surface area contributed by atoms with Gasteiger partial charge in [0.1, 0.15) is 5.56 Å². The van der Waals surface area contributed by atoms with Crippen LogP contribution in [-0.2, 0) is 6.54 Å². The molecule has 2 rings (SSSR count). The Hall–Kier alpha value is -3.29. The number of nitro benzene ring substituents is 1. The number of nitrogens with zero attached hydrogens (tertiary/aromatic N) is 1. The van der Waals surface area contributed by atoms with Gasteiger partial charge in [0.25, 0.3) is 11.6 Å². The molecular weight excluding hydrogens is 328 g/mol. The van der Waals surface area contributed by atoms with Gasteiger partial charge >= 0.3 is 0 Å². The van der Waals surface area contributed by atoms with Crippen molar-refractivity contribution in [1.82, 2.24) is 5.32 Å². The van der Waals surface area contributed by atoms with Gasteiger partial charge in [0.15, 0.2) is 11.5 Å². The van der Waals surface area contributed by atoms with Gasteiger partial charge in [-0.2, -0.15) is 0 Å². The minimum atomic E-state index is -0.589. The number of para-hydroxylation sites is 1. The fourth-order valence-electron chi connectivity index (χ4n) is 2.34. The van der Waals surface area contributed by atoms with Crippen LogP contribution in [0.25, 0.3) is 0 Å². The highest BCUT2D eigenvalue weighted by atomic mass is 16.6. The predicted octanol–water partition coefficient (Wildman–Crippen LogP) is 2.55. The minimum Gasteiger partial charge on any atom is -0.493 e. The van der Waals surface area contributed by atoms with E-state index in [2.05, 4.69) is 5.32 Å². The molecular formula is C17H18N2O6. The molecule has 0 radical (unpaired) electrons. The summed E-state index contributed by atoms with van der Waals surface area (Å²) < 4.78 is 15.7. The molecule has 8 heteroatoms. The molecule has 0 unspecified atom stereocenters. The largest absolute Gasteiger partial charge is 0.493 e. The molecule has 0 aromatic heterocycles. The summed E-state index contributed by atoms with van der Waals surface area (Å²) in [5.74, 6) is 0.813. The molecule has 8 nitrogen and oxygen atoms in total. The smallest absolute Gasteiger partial charge is 0.282 e. The number of carbonyl (C=O) groups is 1. The van der Waals surface area contributed by atoms with E-state index in [1.54, 1.807) is 18.2 Å². The lowest BCUT2D eigenvalue weighted by Crippen LogP contribution is -2.23. The monoisotopic (exact) mass is 346 g/mol. The Morgan fingerprint density at radius 2 is 1.68 bits per heavy atom. The van der Waals surface area contributed by atoms with Crippen LogP contribution < -0.4 is 19.5 Å². The van der Waals surface area contributed by atoms with Crippen molar-refractivity contribution in [1.29, 1.82) is 0 Å². The SMILES string of the molecule is COc1cc(CNC(=O)c2ccccc2[N+](=O)[O-])cc(OC)c1OC. The normalized spacial score (nSPS) is 10.0. The average molecular weight is 346 g/mol. The zero-order chi connectivity index (χ0) is 18.4. The molecule has 0 spiro atoms. The average Bonchev–Trinajstić information content (AvgIpc) is 2.64. The van der Waals surface area contributed by atoms with Gasteiger partial charge in [0.05, 0.1) is 26.3 Å². The van der Waals surface area contributed by atoms with E-state index < -0.39 is 10.8 Å². The predicted molar refractivity (Wildman–Crippen MR) is 90.4 cm³/mol. The van der Waals surface area contributed by atoms with E-state index in [1.807, 2.05) is 0 Å². The summed E-state index contributed by atoms with van der Waals surface area (Å²) >= 11 is 0. The Morgan fingerprint density at radius 3 is 2.20 bits per heavy atom. The number of methoxy groups -OCH3 is 3. The highest BCUT2D eigenvalue weighted by molar-refractivity contribution is 5.98. The van der Waals surface area contributed by atoms with Crippen molar-refractivity contribution in [2.75, 3.05) is 21.3 Å². The third-order valence-corrected chi connectivity index (χ3v) is 3.52. The molecule has 1 amide bonds. The topological polar surface area (TPSA) is 99.9 Å². The Balaban J connectivity index is 2.22. The first kappa shape index (κ1) is 18.1. The molecule has 0 saturated heterocycles. The molecule has 0 aliphatic heterocycles. The maximum atomic E-state index is 12.3. The van der Waals surface area contributed by atoms with Crippen molar-refractivity contribution in [3.63, 3.8) is 0 Å². The number of benzene rings is 2. The van der Waals surface area contributed by atoms with Crippen molar-refractivity contribution >= 4 is 11.6 Å². The third-order valence-electron chi connectivity index (χ3n) is 3.52. The zero-order valence-electron chi connectivity index (χ0n) is 14.1. The second kappa shape index (κ2) is 8.00. The van der Waals surface area contributed by atoms with Crippen molar-refractivity contribution in [2.24, 2.45) is 0 Å². The number of nitrogens with one attached hydrogen (secondary N) is 1. The fraction of sp³-hybridized carbons (Fsp3) is 0.235. The lowest BCUT2D eigenvalue weighted by atomic mass is 10.1. The van der Waals surface area contributed by atoms with E-state index in [-0.39, 0.29) is 17.8 Å². The molecule has 2 aromatic carbocycles. The van der Waals surface area contributed by atoms with Crippen LogP contribution in [0.2, 0.25) is 0 Å². The van der Waals surface area contributed by atoms with Crippen LogP contribution in [0.1, 0.15) is 15.9 Å². The van der Waals surface area contributed by atoms with Gasteiger partial charge in [-0.25, -0.2) is 0 Å². The number of nitro groups is 1. The number of hydrogen-bond donors (Lipinski definition) is 1. The van der Waals surface area contributed by atoms with Gasteiger partial charge in [-0.15, -0.1) is 0 Å². The molecule has 0 aliphatic carbocycles. The minimum absolute atomic E-state index is 0.0000540. The molecule has 0 fully saturated rings. The van der Waals surface area contributed by atoms with Crippen LogP contribution in [0.3, 0.4) is 0 Å². The Morgan fingerprint density at radius 1 is 1.08 bits per heavy atom. The second-order valence-electron chi connectivity index (χ2n) is 4.99. The first-order valence-electron chi connectivity index (χ1n) is 7.32. The number of hydrogen-bond acceptors (Lipinski definition) is 6. The molecule has 132 valence electrons. The molecule has 0 atom stereocenters. The van der Waals surface area contributed by atoms with E-state index in [0.717, 1.165) is 0 Å². The summed E-state index contributed by atoms with van der Waals surface area (Å²) in [6.07, 6.45) is 0. The van der Waals surface area contributed by atoms with Crippen LogP contribution in [-0.4, -0.2) is 32.2 Å². The van der Waals surface area contributed by atoms with E-state index in [1.165, 1.54) is 39.5 Å². The van der Waals surface area contributed by atoms with E-state index in [9.17, 15) is 14.9 Å². The quantitative estimate of drug-likeness (QED) is 0.611. The van der Waals surface area contributed by atoms with Crippen LogP contribution >= 0.6 is 0 Å². The maximum absolute atomic E-state index is 12.3. The Kier molecular flexibility index (Phi) is 5.78. The molecule has 2 aromatic rings. The highest BCUT2D eigenvalue weighted by Crippen LogP contribution is 2.38. The molecule has 0 saturated carbocycles. The lowest BCUT2D eigenvalue weighted by Gasteiger charge is -2.14. The first-order chi connectivity index (χ1) is 12.0. The second-order valence-corrected chi connectivity index (χ2v) is 4.99. The molecule has 0 aliphatic rings. The van der Waals surface area contributed by atoms with E-state index >= 15 is 0 Å². The Bertz CT molecular complexity index is 765. The maximum Gasteiger partial charge on any atom is 0.282 e. The summed E-state index contributed by atoms with van der Waals surface area (Å²) in [4.78, 5) is 22.7. The summed E-state index contributed by atoms with van der Waals surface area (Å²) in [6, 6.07) is 9.16. The van der Waals surface area contributed by atoms with Gasteiger partial charge in [-0.1, -0.05) is 12.1 Å². The van der Waals surface area contributed by atoms with Crippen LogP contribution in [0.15, 0.2) is 36.4 Å². The van der Waals surface area contributed by atoms with Crippen molar-refractivity contribution in [3.05, 3.63) is 57.6 Å². The van der Waals surface area contributed by atoms with Gasteiger partial charge in [-0.3, -0.25) is 14.9 Å². The van der Waals surface area contributed by atoms with Crippen molar-refractivity contribution in [2.45, 2.75) is 6.54 Å². The number of rotatable bonds is 7. The molecule has 0 bridgehead atoms. The lowest BCUT2D eigenvalue weighted by molar-refractivity contribution is -0.385. The van der Waals surface area contributed by atoms with Crippen LogP contribution in [0, 0.1) is 10.1 Å². The highest BCUT2D eigenvalue weighted by Gasteiger charge is 2.19. The van der Waals surface area contributed by atoms with Crippen molar-refractivity contribution in [3.8, 4) is 17.2 Å². The van der Waals surface area contributed by atoms with Crippen LogP contribution in [0.5, 0.6) is 17.2 Å². The number of amides is 1. The van der Waals surface area contributed by atoms with Crippen molar-refractivity contribution < 1.29 is 23.9 Å². The van der Waals surface area contributed by atoms with Gasteiger partial charge in [0, 0.05) is 12.6 Å². The van der Waals surface area contributed by atoms with Crippen LogP contribution in [0.4, 0.5) is 5.69 Å². The molecule has 0 heterocycles. The number of ether oxygens (including phenoxy) is 3. The first-order valence-corrected chi connectivity index (χ1v) is 7.32.